The van der Waals surface area contributed by atoms with E-state index in [1.807, 2.05) is 24.3 Å². The Morgan fingerprint density at radius 2 is 2.04 bits per heavy atom. The molecular formula is C17H11N5O3. The van der Waals surface area contributed by atoms with Gasteiger partial charge in [0.05, 0.1) is 28.1 Å². The predicted molar refractivity (Wildman–Crippen MR) is 88.7 cm³/mol. The smallest absolute Gasteiger partial charge is 0.269 e. The van der Waals surface area contributed by atoms with E-state index in [2.05, 4.69) is 10.3 Å². The van der Waals surface area contributed by atoms with Gasteiger partial charge in [-0.15, -0.1) is 0 Å². The first-order chi connectivity index (χ1) is 12.1. The van der Waals surface area contributed by atoms with Crippen molar-refractivity contribution in [1.29, 1.82) is 5.26 Å². The van der Waals surface area contributed by atoms with Crippen molar-refractivity contribution in [2.45, 2.75) is 6.04 Å². The van der Waals surface area contributed by atoms with Gasteiger partial charge in [-0.2, -0.15) is 5.26 Å². The van der Waals surface area contributed by atoms with E-state index in [-0.39, 0.29) is 5.69 Å². The second-order valence-corrected chi connectivity index (χ2v) is 5.69. The molecule has 0 radical (unpaired) electrons. The van der Waals surface area contributed by atoms with Crippen molar-refractivity contribution in [3.05, 3.63) is 64.2 Å². The van der Waals surface area contributed by atoms with Crippen LogP contribution in [0.25, 0.3) is 11.0 Å². The lowest BCUT2D eigenvalue weighted by Gasteiger charge is -2.29. The number of para-hydroxylation sites is 2. The molecule has 1 aromatic heterocycles. The second kappa shape index (κ2) is 5.42. The van der Waals surface area contributed by atoms with Gasteiger partial charge in [0.2, 0.25) is 11.9 Å². The number of nitrogens with zero attached hydrogens (tertiary/aromatic N) is 4. The van der Waals surface area contributed by atoms with Crippen LogP contribution >= 0.6 is 0 Å². The Labute approximate surface area is 141 Å². The summed E-state index contributed by atoms with van der Waals surface area (Å²) in [5.74, 6) is -1.16. The molecule has 25 heavy (non-hydrogen) atoms. The maximum Gasteiger partial charge on any atom is 0.269 e. The number of aromatic nitrogens is 2. The molecule has 2 aromatic carbocycles. The lowest BCUT2D eigenvalue weighted by atomic mass is 9.91. The second-order valence-electron chi connectivity index (χ2n) is 5.69. The van der Waals surface area contributed by atoms with Crippen LogP contribution in [0.5, 0.6) is 0 Å². The van der Waals surface area contributed by atoms with Crippen LogP contribution in [0.3, 0.4) is 0 Å². The molecule has 1 aliphatic rings. The predicted octanol–water partition coefficient (Wildman–Crippen LogP) is 2.63. The minimum atomic E-state index is -1.02. The lowest BCUT2D eigenvalue weighted by Crippen LogP contribution is -2.37. The van der Waals surface area contributed by atoms with Crippen molar-refractivity contribution in [2.24, 2.45) is 5.92 Å². The fourth-order valence-corrected chi connectivity index (χ4v) is 3.19. The van der Waals surface area contributed by atoms with Crippen molar-refractivity contribution < 1.29 is 9.72 Å². The molecule has 0 spiro atoms. The van der Waals surface area contributed by atoms with Crippen LogP contribution in [0, 0.1) is 27.4 Å². The number of nitrogens with one attached hydrogen (secondary N) is 1. The fourth-order valence-electron chi connectivity index (χ4n) is 3.19. The van der Waals surface area contributed by atoms with E-state index < -0.39 is 22.8 Å². The average molecular weight is 333 g/mol. The molecule has 1 aliphatic heterocycles. The molecule has 4 rings (SSSR count). The lowest BCUT2D eigenvalue weighted by molar-refractivity contribution is -0.384. The number of rotatable bonds is 2. The number of hydrogen-bond donors (Lipinski definition) is 1. The van der Waals surface area contributed by atoms with Crippen molar-refractivity contribution >= 4 is 28.6 Å². The molecule has 1 amide bonds. The maximum atomic E-state index is 12.3. The molecule has 2 atom stereocenters. The Morgan fingerprint density at radius 1 is 1.24 bits per heavy atom. The third-order valence-corrected chi connectivity index (χ3v) is 4.27. The van der Waals surface area contributed by atoms with Crippen LogP contribution in [0.1, 0.15) is 11.6 Å². The molecule has 0 aliphatic carbocycles. The highest BCUT2D eigenvalue weighted by atomic mass is 16.6. The van der Waals surface area contributed by atoms with E-state index in [0.717, 1.165) is 5.52 Å². The van der Waals surface area contributed by atoms with E-state index in [4.69, 9.17) is 0 Å². The summed E-state index contributed by atoms with van der Waals surface area (Å²) >= 11 is 0. The van der Waals surface area contributed by atoms with Crippen LogP contribution in [0.15, 0.2) is 48.5 Å². The number of imidazole rings is 1. The summed E-state index contributed by atoms with van der Waals surface area (Å²) in [6, 6.07) is 14.6. The summed E-state index contributed by atoms with van der Waals surface area (Å²) < 4.78 is 1.75. The van der Waals surface area contributed by atoms with E-state index in [1.54, 1.807) is 22.8 Å². The first-order valence-corrected chi connectivity index (χ1v) is 7.52. The highest BCUT2D eigenvalue weighted by Gasteiger charge is 2.39. The third kappa shape index (κ3) is 2.21. The number of carbonyl (C=O) groups is 1. The number of nitriles is 1. The van der Waals surface area contributed by atoms with E-state index in [0.29, 0.717) is 17.0 Å². The van der Waals surface area contributed by atoms with Crippen molar-refractivity contribution in [3.8, 4) is 6.07 Å². The molecule has 2 heterocycles. The highest BCUT2D eigenvalue weighted by Crippen LogP contribution is 2.38. The summed E-state index contributed by atoms with van der Waals surface area (Å²) in [6.07, 6.45) is 0. The monoisotopic (exact) mass is 333 g/mol. The Bertz CT molecular complexity index is 1070. The summed E-state index contributed by atoms with van der Waals surface area (Å²) in [5.41, 5.74) is 1.84. The standard InChI is InChI=1S/C17H11N5O3/c18-9-12-15(10-4-3-5-11(8-10)22(24)25)21-14-7-2-1-6-13(14)19-17(21)20-16(12)23/h1-8,12,15H,(H,19,20,23)/t12-,15+/m1/s1. The normalized spacial score (nSPS) is 19.1. The Hall–Kier alpha value is -3.73. The molecule has 0 fully saturated rings. The van der Waals surface area contributed by atoms with Gasteiger partial charge >= 0.3 is 0 Å². The number of fused-ring (bicyclic) bond motifs is 3. The largest absolute Gasteiger partial charge is 0.300 e. The zero-order valence-corrected chi connectivity index (χ0v) is 12.8. The molecular weight excluding hydrogens is 322 g/mol. The Kier molecular flexibility index (Phi) is 3.22. The van der Waals surface area contributed by atoms with Gasteiger partial charge in [-0.25, -0.2) is 4.98 Å². The van der Waals surface area contributed by atoms with Gasteiger partial charge in [0.25, 0.3) is 5.69 Å². The third-order valence-electron chi connectivity index (χ3n) is 4.27. The zero-order valence-electron chi connectivity index (χ0n) is 12.8. The van der Waals surface area contributed by atoms with Gasteiger partial charge in [0.1, 0.15) is 0 Å². The maximum absolute atomic E-state index is 12.3. The van der Waals surface area contributed by atoms with Gasteiger partial charge in [-0.05, 0) is 17.7 Å². The first kappa shape index (κ1) is 14.8. The van der Waals surface area contributed by atoms with Crippen LogP contribution in [0.4, 0.5) is 11.6 Å². The number of non-ortho nitro benzene ring substituents is 1. The fraction of sp³-hybridized carbons (Fsp3) is 0.118. The number of nitro benzene ring substituents is 1. The molecule has 1 N–H and O–H groups in total. The minimum Gasteiger partial charge on any atom is -0.300 e. The zero-order chi connectivity index (χ0) is 17.6. The number of benzene rings is 2. The van der Waals surface area contributed by atoms with E-state index in [1.165, 1.54) is 12.1 Å². The Morgan fingerprint density at radius 3 is 2.80 bits per heavy atom. The molecule has 8 heteroatoms. The first-order valence-electron chi connectivity index (χ1n) is 7.52. The van der Waals surface area contributed by atoms with E-state index in [9.17, 15) is 20.2 Å². The Balaban J connectivity index is 1.99. The molecule has 0 unspecified atom stereocenters. The SMILES string of the molecule is N#C[C@H]1C(=O)Nc2nc3ccccc3n2[C@H]1c1cccc([N+](=O)[O-])c1. The summed E-state index contributed by atoms with van der Waals surface area (Å²) in [4.78, 5) is 27.3. The molecule has 0 bridgehead atoms. The van der Waals surface area contributed by atoms with Gasteiger partial charge in [0.15, 0.2) is 5.92 Å². The number of anilines is 1. The van der Waals surface area contributed by atoms with Crippen molar-refractivity contribution in [3.63, 3.8) is 0 Å². The average Bonchev–Trinajstić information content (AvgIpc) is 2.98. The molecule has 3 aromatic rings. The molecule has 0 saturated heterocycles. The van der Waals surface area contributed by atoms with Gasteiger partial charge in [-0.3, -0.25) is 20.2 Å². The van der Waals surface area contributed by atoms with Gasteiger partial charge < -0.3 is 4.57 Å². The van der Waals surface area contributed by atoms with Gasteiger partial charge in [-0.1, -0.05) is 24.3 Å². The van der Waals surface area contributed by atoms with Crippen molar-refractivity contribution in [2.75, 3.05) is 5.32 Å². The number of carbonyl (C=O) groups excluding carboxylic acids is 1. The summed E-state index contributed by atoms with van der Waals surface area (Å²) in [7, 11) is 0. The molecule has 122 valence electrons. The number of amides is 1. The summed E-state index contributed by atoms with van der Waals surface area (Å²) in [5, 5.41) is 23.3. The van der Waals surface area contributed by atoms with Crippen LogP contribution in [0.2, 0.25) is 0 Å². The molecule has 8 nitrogen and oxygen atoms in total. The quantitative estimate of drug-likeness (QED) is 0.572. The minimum absolute atomic E-state index is 0.0915. The van der Waals surface area contributed by atoms with Crippen molar-refractivity contribution in [1.82, 2.24) is 9.55 Å². The molecule has 0 saturated carbocycles. The summed E-state index contributed by atoms with van der Waals surface area (Å²) in [6.45, 7) is 0. The number of hydrogen-bond acceptors (Lipinski definition) is 5. The van der Waals surface area contributed by atoms with E-state index >= 15 is 0 Å². The van der Waals surface area contributed by atoms with Crippen LogP contribution in [-0.4, -0.2) is 20.4 Å². The topological polar surface area (TPSA) is 114 Å². The van der Waals surface area contributed by atoms with Crippen LogP contribution in [-0.2, 0) is 4.79 Å². The number of nitro groups is 1. The van der Waals surface area contributed by atoms with Gasteiger partial charge in [0, 0.05) is 12.1 Å². The van der Waals surface area contributed by atoms with Crippen LogP contribution < -0.4 is 5.32 Å². The highest BCUT2D eigenvalue weighted by molar-refractivity contribution is 5.97.